The van der Waals surface area contributed by atoms with Crippen LogP contribution in [-0.4, -0.2) is 34.7 Å². The zero-order valence-electron chi connectivity index (χ0n) is 11.0. The fourth-order valence-electron chi connectivity index (χ4n) is 1.44. The molecule has 0 radical (unpaired) electrons. The lowest BCUT2D eigenvalue weighted by Crippen LogP contribution is -2.48. The normalized spacial score (nSPS) is 18.4. The lowest BCUT2D eigenvalue weighted by Gasteiger charge is -2.31. The molecular formula is C12H24N2O2. The van der Waals surface area contributed by atoms with E-state index in [4.69, 9.17) is 10.5 Å². The molecular weight excluding hydrogens is 204 g/mol. The number of hydrogen-bond donors (Lipinski definition) is 1. The summed E-state index contributed by atoms with van der Waals surface area (Å²) in [7, 11) is 0. The van der Waals surface area contributed by atoms with Crippen LogP contribution < -0.4 is 5.73 Å². The highest BCUT2D eigenvalue weighted by atomic mass is 16.6. The van der Waals surface area contributed by atoms with Crippen LogP contribution in [0.4, 0.5) is 4.79 Å². The number of carbonyl (C=O) groups excluding carboxylic acids is 1. The molecule has 0 bridgehead atoms. The molecule has 0 atom stereocenters. The monoisotopic (exact) mass is 228 g/mol. The first-order chi connectivity index (χ1) is 7.13. The molecule has 94 valence electrons. The zero-order valence-corrected chi connectivity index (χ0v) is 11.0. The molecule has 1 rings (SSSR count). The minimum Gasteiger partial charge on any atom is -0.444 e. The highest BCUT2D eigenvalue weighted by Crippen LogP contribution is 2.33. The second kappa shape index (κ2) is 4.24. The van der Waals surface area contributed by atoms with Gasteiger partial charge in [0.05, 0.1) is 0 Å². The molecule has 0 aromatic heterocycles. The number of carbonyl (C=O) groups is 1. The van der Waals surface area contributed by atoms with E-state index < -0.39 is 5.60 Å². The topological polar surface area (TPSA) is 55.6 Å². The number of nitrogens with zero attached hydrogens (tertiary/aromatic N) is 1. The van der Waals surface area contributed by atoms with Gasteiger partial charge in [-0.15, -0.1) is 0 Å². The average Bonchev–Trinajstić information content (AvgIpc) is 2.76. The minimum atomic E-state index is -0.449. The summed E-state index contributed by atoms with van der Waals surface area (Å²) >= 11 is 0. The van der Waals surface area contributed by atoms with E-state index in [2.05, 4.69) is 0 Å². The van der Waals surface area contributed by atoms with Gasteiger partial charge in [0.2, 0.25) is 0 Å². The summed E-state index contributed by atoms with van der Waals surface area (Å²) in [5.74, 6) is 0. The zero-order chi connectivity index (χ0) is 12.6. The Balaban J connectivity index is 2.59. The van der Waals surface area contributed by atoms with E-state index in [9.17, 15) is 4.79 Å². The van der Waals surface area contributed by atoms with Crippen molar-refractivity contribution in [2.45, 2.75) is 64.6 Å². The second-order valence-electron chi connectivity index (χ2n) is 6.06. The molecule has 0 aliphatic heterocycles. The van der Waals surface area contributed by atoms with E-state index in [0.717, 1.165) is 12.8 Å². The van der Waals surface area contributed by atoms with Crippen LogP contribution in [0.2, 0.25) is 0 Å². The van der Waals surface area contributed by atoms with E-state index in [1.54, 1.807) is 4.90 Å². The maximum Gasteiger partial charge on any atom is 0.410 e. The van der Waals surface area contributed by atoms with Crippen molar-refractivity contribution in [2.24, 2.45) is 5.73 Å². The molecule has 2 N–H and O–H groups in total. The van der Waals surface area contributed by atoms with Gasteiger partial charge in [-0.1, -0.05) is 0 Å². The highest BCUT2D eigenvalue weighted by molar-refractivity contribution is 5.68. The van der Waals surface area contributed by atoms with Crippen molar-refractivity contribution >= 4 is 6.09 Å². The molecule has 1 fully saturated rings. The summed E-state index contributed by atoms with van der Waals surface area (Å²) in [5.41, 5.74) is 5.42. The molecule has 4 nitrogen and oxygen atoms in total. The van der Waals surface area contributed by atoms with Crippen LogP contribution in [0.25, 0.3) is 0 Å². The van der Waals surface area contributed by atoms with Crippen LogP contribution in [0.3, 0.4) is 0 Å². The molecule has 0 aromatic carbocycles. The maximum atomic E-state index is 12.0. The van der Waals surface area contributed by atoms with Crippen molar-refractivity contribution in [3.63, 3.8) is 0 Å². The fraction of sp³-hybridized carbons (Fsp3) is 0.917. The smallest absolute Gasteiger partial charge is 0.410 e. The Kier molecular flexibility index (Phi) is 3.53. The van der Waals surface area contributed by atoms with Crippen molar-refractivity contribution in [3.05, 3.63) is 0 Å². The Hall–Kier alpha value is -0.770. The van der Waals surface area contributed by atoms with E-state index in [1.165, 1.54) is 0 Å². The van der Waals surface area contributed by atoms with Gasteiger partial charge in [0.15, 0.2) is 0 Å². The third-order valence-electron chi connectivity index (χ3n) is 2.63. The van der Waals surface area contributed by atoms with Crippen molar-refractivity contribution < 1.29 is 9.53 Å². The summed E-state index contributed by atoms with van der Waals surface area (Å²) in [6, 6.07) is 0.121. The fourth-order valence-corrected chi connectivity index (χ4v) is 1.44. The number of hydrogen-bond acceptors (Lipinski definition) is 3. The molecule has 1 aliphatic rings. The van der Waals surface area contributed by atoms with Gasteiger partial charge in [0, 0.05) is 18.1 Å². The number of ether oxygens (including phenoxy) is 1. The quantitative estimate of drug-likeness (QED) is 0.805. The van der Waals surface area contributed by atoms with Crippen LogP contribution in [0.5, 0.6) is 0 Å². The SMILES string of the molecule is CC(C)N(CC1(N)CC1)C(=O)OC(C)(C)C. The van der Waals surface area contributed by atoms with Crippen LogP contribution in [0.15, 0.2) is 0 Å². The van der Waals surface area contributed by atoms with Crippen molar-refractivity contribution in [2.75, 3.05) is 6.54 Å². The first-order valence-corrected chi connectivity index (χ1v) is 5.91. The standard InChI is InChI=1S/C12H24N2O2/c1-9(2)14(8-12(13)6-7-12)10(15)16-11(3,4)5/h9H,6-8,13H2,1-5H3. The number of rotatable bonds is 3. The van der Waals surface area contributed by atoms with Gasteiger partial charge in [-0.05, 0) is 47.5 Å². The Morgan fingerprint density at radius 3 is 2.25 bits per heavy atom. The van der Waals surface area contributed by atoms with Gasteiger partial charge in [-0.3, -0.25) is 0 Å². The van der Waals surface area contributed by atoms with E-state index in [0.29, 0.717) is 6.54 Å². The summed E-state index contributed by atoms with van der Waals surface area (Å²) < 4.78 is 5.37. The van der Waals surface area contributed by atoms with Crippen LogP contribution >= 0.6 is 0 Å². The Morgan fingerprint density at radius 2 is 1.94 bits per heavy atom. The first kappa shape index (κ1) is 13.3. The summed E-state index contributed by atoms with van der Waals surface area (Å²) in [4.78, 5) is 13.7. The average molecular weight is 228 g/mol. The molecule has 0 spiro atoms. The molecule has 4 heteroatoms. The third-order valence-corrected chi connectivity index (χ3v) is 2.63. The van der Waals surface area contributed by atoms with Gasteiger partial charge in [0.25, 0.3) is 0 Å². The highest BCUT2D eigenvalue weighted by Gasteiger charge is 2.42. The molecule has 1 amide bonds. The largest absolute Gasteiger partial charge is 0.444 e. The Bertz CT molecular complexity index is 265. The van der Waals surface area contributed by atoms with Crippen molar-refractivity contribution in [1.82, 2.24) is 4.90 Å². The van der Waals surface area contributed by atoms with E-state index in [1.807, 2.05) is 34.6 Å². The summed E-state index contributed by atoms with van der Waals surface area (Å²) in [5, 5.41) is 0. The predicted octanol–water partition coefficient (Wildman–Crippen LogP) is 2.12. The molecule has 0 unspecified atom stereocenters. The Morgan fingerprint density at radius 1 is 1.44 bits per heavy atom. The lowest BCUT2D eigenvalue weighted by atomic mass is 10.2. The van der Waals surface area contributed by atoms with Crippen molar-refractivity contribution in [3.8, 4) is 0 Å². The number of nitrogens with two attached hydrogens (primary N) is 1. The predicted molar refractivity (Wildman–Crippen MR) is 64.2 cm³/mol. The lowest BCUT2D eigenvalue weighted by molar-refractivity contribution is 0.0172. The third kappa shape index (κ3) is 4.00. The van der Waals surface area contributed by atoms with Crippen LogP contribution in [-0.2, 0) is 4.74 Å². The Labute approximate surface area is 98.1 Å². The summed E-state index contributed by atoms with van der Waals surface area (Å²) in [6.07, 6.45) is 1.73. The molecule has 1 saturated carbocycles. The van der Waals surface area contributed by atoms with Crippen LogP contribution in [0.1, 0.15) is 47.5 Å². The molecule has 1 aliphatic carbocycles. The minimum absolute atomic E-state index is 0.121. The van der Waals surface area contributed by atoms with E-state index >= 15 is 0 Å². The van der Waals surface area contributed by atoms with Crippen molar-refractivity contribution in [1.29, 1.82) is 0 Å². The van der Waals surface area contributed by atoms with Gasteiger partial charge >= 0.3 is 6.09 Å². The second-order valence-corrected chi connectivity index (χ2v) is 6.06. The molecule has 0 heterocycles. The molecule has 0 aromatic rings. The first-order valence-electron chi connectivity index (χ1n) is 5.91. The maximum absolute atomic E-state index is 12.0. The molecule has 0 saturated heterocycles. The van der Waals surface area contributed by atoms with Crippen LogP contribution in [0, 0.1) is 0 Å². The van der Waals surface area contributed by atoms with Gasteiger partial charge < -0.3 is 15.4 Å². The summed E-state index contributed by atoms with van der Waals surface area (Å²) in [6.45, 7) is 10.2. The molecule has 16 heavy (non-hydrogen) atoms. The van der Waals surface area contributed by atoms with Gasteiger partial charge in [-0.2, -0.15) is 0 Å². The van der Waals surface area contributed by atoms with Gasteiger partial charge in [-0.25, -0.2) is 4.79 Å². The van der Waals surface area contributed by atoms with E-state index in [-0.39, 0.29) is 17.7 Å². The number of amides is 1. The van der Waals surface area contributed by atoms with Gasteiger partial charge in [0.1, 0.15) is 5.60 Å².